The molecule has 0 saturated heterocycles. The van der Waals surface area contributed by atoms with Crippen LogP contribution in [-0.4, -0.2) is 5.60 Å². The molecule has 1 atom stereocenters. The van der Waals surface area contributed by atoms with E-state index in [9.17, 15) is 0 Å². The highest BCUT2D eigenvalue weighted by Crippen LogP contribution is 2.36. The molecule has 0 N–H and O–H groups in total. The van der Waals surface area contributed by atoms with Gasteiger partial charge in [-0.25, -0.2) is 0 Å². The summed E-state index contributed by atoms with van der Waals surface area (Å²) in [6, 6.07) is 10.5. The average Bonchev–Trinajstić information content (AvgIpc) is 2.66. The monoisotopic (exact) mass is 204 g/mol. The normalized spacial score (nSPS) is 21.5. The van der Waals surface area contributed by atoms with Gasteiger partial charge in [-0.05, 0) is 32.3 Å². The smallest absolute Gasteiger partial charge is 0.0804 e. The SMILES string of the molecule is CC(OC1(C)CCCC1)c1ccccc1. The first-order valence-corrected chi connectivity index (χ1v) is 5.92. The minimum absolute atomic E-state index is 0.120. The van der Waals surface area contributed by atoms with Crippen LogP contribution in [0.2, 0.25) is 0 Å². The Hall–Kier alpha value is -0.820. The zero-order valence-corrected chi connectivity index (χ0v) is 9.70. The highest BCUT2D eigenvalue weighted by Gasteiger charge is 2.31. The highest BCUT2D eigenvalue weighted by atomic mass is 16.5. The first-order valence-electron chi connectivity index (χ1n) is 5.92. The molecule has 0 spiro atoms. The molecule has 1 heteroatoms. The van der Waals surface area contributed by atoms with Crippen molar-refractivity contribution in [2.75, 3.05) is 0 Å². The van der Waals surface area contributed by atoms with Crippen molar-refractivity contribution in [3.63, 3.8) is 0 Å². The van der Waals surface area contributed by atoms with Crippen molar-refractivity contribution in [3.8, 4) is 0 Å². The predicted octanol–water partition coefficient (Wildman–Crippen LogP) is 4.10. The maximum Gasteiger partial charge on any atom is 0.0804 e. The van der Waals surface area contributed by atoms with Crippen molar-refractivity contribution in [1.29, 1.82) is 0 Å². The number of benzene rings is 1. The van der Waals surface area contributed by atoms with Gasteiger partial charge in [0, 0.05) is 0 Å². The van der Waals surface area contributed by atoms with Gasteiger partial charge in [0.2, 0.25) is 0 Å². The summed E-state index contributed by atoms with van der Waals surface area (Å²) in [4.78, 5) is 0. The van der Waals surface area contributed by atoms with Gasteiger partial charge < -0.3 is 4.74 Å². The molecule has 15 heavy (non-hydrogen) atoms. The van der Waals surface area contributed by atoms with E-state index in [-0.39, 0.29) is 11.7 Å². The molecule has 0 amide bonds. The molecule has 0 heterocycles. The molecule has 1 saturated carbocycles. The molecule has 0 radical (unpaired) electrons. The lowest BCUT2D eigenvalue weighted by atomic mass is 10.0. The molecule has 0 aromatic heterocycles. The molecule has 1 aromatic carbocycles. The molecule has 0 bridgehead atoms. The van der Waals surface area contributed by atoms with Gasteiger partial charge in [0.1, 0.15) is 0 Å². The van der Waals surface area contributed by atoms with Crippen molar-refractivity contribution in [1.82, 2.24) is 0 Å². The molecular formula is C14H20O. The van der Waals surface area contributed by atoms with Gasteiger partial charge in [-0.3, -0.25) is 0 Å². The van der Waals surface area contributed by atoms with E-state index >= 15 is 0 Å². The summed E-state index contributed by atoms with van der Waals surface area (Å²) in [5.41, 5.74) is 1.40. The second-order valence-corrected chi connectivity index (χ2v) is 4.83. The van der Waals surface area contributed by atoms with Crippen LogP contribution in [0.1, 0.15) is 51.2 Å². The summed E-state index contributed by atoms with van der Waals surface area (Å²) in [5.74, 6) is 0. The van der Waals surface area contributed by atoms with E-state index in [0.29, 0.717) is 0 Å². The van der Waals surface area contributed by atoms with Crippen molar-refractivity contribution >= 4 is 0 Å². The Morgan fingerprint density at radius 1 is 1.13 bits per heavy atom. The zero-order chi connectivity index (χ0) is 10.7. The third kappa shape index (κ3) is 2.60. The standard InChI is InChI=1S/C14H20O/c1-12(13-8-4-3-5-9-13)15-14(2)10-6-7-11-14/h3-5,8-9,12H,6-7,10-11H2,1-2H3. The predicted molar refractivity (Wildman–Crippen MR) is 62.8 cm³/mol. The van der Waals surface area contributed by atoms with Crippen LogP contribution < -0.4 is 0 Å². The molecule has 1 aliphatic rings. The van der Waals surface area contributed by atoms with E-state index < -0.39 is 0 Å². The van der Waals surface area contributed by atoms with Gasteiger partial charge in [0.05, 0.1) is 11.7 Å². The van der Waals surface area contributed by atoms with Crippen molar-refractivity contribution in [2.45, 2.75) is 51.2 Å². The summed E-state index contributed by atoms with van der Waals surface area (Å²) < 4.78 is 6.18. The second-order valence-electron chi connectivity index (χ2n) is 4.83. The largest absolute Gasteiger partial charge is 0.368 e. The summed E-state index contributed by atoms with van der Waals surface area (Å²) in [6.45, 7) is 4.40. The number of hydrogen-bond acceptors (Lipinski definition) is 1. The summed E-state index contributed by atoms with van der Waals surface area (Å²) in [6.07, 6.45) is 5.28. The number of rotatable bonds is 3. The summed E-state index contributed by atoms with van der Waals surface area (Å²) in [5, 5.41) is 0. The average molecular weight is 204 g/mol. The Kier molecular flexibility index (Phi) is 3.11. The Morgan fingerprint density at radius 2 is 1.73 bits per heavy atom. The molecule has 1 nitrogen and oxygen atoms in total. The molecule has 0 aliphatic heterocycles. The second kappa shape index (κ2) is 4.36. The van der Waals surface area contributed by atoms with Gasteiger partial charge >= 0.3 is 0 Å². The van der Waals surface area contributed by atoms with Crippen LogP contribution in [-0.2, 0) is 4.74 Å². The Balaban J connectivity index is 2.00. The fourth-order valence-corrected chi connectivity index (χ4v) is 2.46. The molecule has 1 fully saturated rings. The molecule has 2 rings (SSSR count). The summed E-state index contributed by atoms with van der Waals surface area (Å²) in [7, 11) is 0. The van der Waals surface area contributed by atoms with Gasteiger partial charge in [-0.15, -0.1) is 0 Å². The van der Waals surface area contributed by atoms with Crippen LogP contribution in [0, 0.1) is 0 Å². The van der Waals surface area contributed by atoms with Crippen LogP contribution in [0.3, 0.4) is 0 Å². The van der Waals surface area contributed by atoms with E-state index in [1.807, 2.05) is 6.07 Å². The third-order valence-corrected chi connectivity index (χ3v) is 3.39. The maximum atomic E-state index is 6.18. The third-order valence-electron chi connectivity index (χ3n) is 3.39. The molecular weight excluding hydrogens is 184 g/mol. The lowest BCUT2D eigenvalue weighted by Gasteiger charge is -2.28. The maximum absolute atomic E-state index is 6.18. The molecule has 82 valence electrons. The minimum Gasteiger partial charge on any atom is -0.368 e. The quantitative estimate of drug-likeness (QED) is 0.720. The van der Waals surface area contributed by atoms with Crippen molar-refractivity contribution < 1.29 is 4.74 Å². The lowest BCUT2D eigenvalue weighted by Crippen LogP contribution is -2.25. The van der Waals surface area contributed by atoms with E-state index in [1.165, 1.54) is 31.2 Å². The lowest BCUT2D eigenvalue weighted by molar-refractivity contribution is -0.0727. The fraction of sp³-hybridized carbons (Fsp3) is 0.571. The van der Waals surface area contributed by atoms with E-state index in [2.05, 4.69) is 38.1 Å². The van der Waals surface area contributed by atoms with E-state index in [0.717, 1.165) is 0 Å². The van der Waals surface area contributed by atoms with Gasteiger partial charge in [-0.1, -0.05) is 43.2 Å². The molecule has 1 aromatic rings. The van der Waals surface area contributed by atoms with E-state index in [4.69, 9.17) is 4.74 Å². The number of hydrogen-bond donors (Lipinski definition) is 0. The van der Waals surface area contributed by atoms with Crippen LogP contribution >= 0.6 is 0 Å². The summed E-state index contributed by atoms with van der Waals surface area (Å²) >= 11 is 0. The Morgan fingerprint density at radius 3 is 2.33 bits per heavy atom. The Bertz CT molecular complexity index is 298. The first kappa shape index (κ1) is 10.7. The number of ether oxygens (including phenoxy) is 1. The van der Waals surface area contributed by atoms with Crippen LogP contribution in [0.5, 0.6) is 0 Å². The van der Waals surface area contributed by atoms with Crippen LogP contribution in [0.25, 0.3) is 0 Å². The van der Waals surface area contributed by atoms with Crippen molar-refractivity contribution in [2.24, 2.45) is 0 Å². The minimum atomic E-state index is 0.120. The highest BCUT2D eigenvalue weighted by molar-refractivity contribution is 5.17. The van der Waals surface area contributed by atoms with E-state index in [1.54, 1.807) is 0 Å². The van der Waals surface area contributed by atoms with Crippen molar-refractivity contribution in [3.05, 3.63) is 35.9 Å². The topological polar surface area (TPSA) is 9.23 Å². The van der Waals surface area contributed by atoms with Gasteiger partial charge in [0.25, 0.3) is 0 Å². The Labute approximate surface area is 92.5 Å². The first-order chi connectivity index (χ1) is 7.20. The van der Waals surface area contributed by atoms with Crippen LogP contribution in [0.15, 0.2) is 30.3 Å². The molecule has 1 unspecified atom stereocenters. The van der Waals surface area contributed by atoms with Crippen LogP contribution in [0.4, 0.5) is 0 Å². The van der Waals surface area contributed by atoms with Gasteiger partial charge in [0.15, 0.2) is 0 Å². The fourth-order valence-electron chi connectivity index (χ4n) is 2.46. The van der Waals surface area contributed by atoms with Gasteiger partial charge in [-0.2, -0.15) is 0 Å². The molecule has 1 aliphatic carbocycles. The zero-order valence-electron chi connectivity index (χ0n) is 9.70.